The lowest BCUT2D eigenvalue weighted by Gasteiger charge is -2.64. The number of carbonyl (C=O) groups excluding carboxylic acids is 4. The number of alkyl carbamates (subject to hydrolysis) is 1. The van der Waals surface area contributed by atoms with Gasteiger partial charge in [0.1, 0.15) is 17.7 Å². The topological polar surface area (TPSA) is 144 Å². The first kappa shape index (κ1) is 38.1. The van der Waals surface area contributed by atoms with Crippen LogP contribution in [0, 0.1) is 29.1 Å². The molecule has 4 amide bonds. The maximum absolute atomic E-state index is 13.9. The van der Waals surface area contributed by atoms with Gasteiger partial charge in [-0.3, -0.25) is 14.4 Å². The molecule has 4 aliphatic rings. The van der Waals surface area contributed by atoms with Gasteiger partial charge in [0.2, 0.25) is 17.7 Å². The molecule has 12 heteroatoms. The summed E-state index contributed by atoms with van der Waals surface area (Å²) in [6.07, 6.45) is 4.64. The first-order chi connectivity index (χ1) is 21.2. The molecular formula is C34H61BN4O7. The van der Waals surface area contributed by atoms with Crippen molar-refractivity contribution in [1.82, 2.24) is 21.3 Å². The number of hydrogen-bond donors (Lipinski definition) is 4. The van der Waals surface area contributed by atoms with Crippen LogP contribution in [-0.4, -0.2) is 72.8 Å². The summed E-state index contributed by atoms with van der Waals surface area (Å²) in [6.45, 7) is 22.0. The smallest absolute Gasteiger partial charge is 0.444 e. The van der Waals surface area contributed by atoms with Gasteiger partial charge in [0, 0.05) is 12.5 Å². The Morgan fingerprint density at radius 1 is 0.870 bits per heavy atom. The first-order valence-electron chi connectivity index (χ1n) is 17.5. The van der Waals surface area contributed by atoms with Crippen LogP contribution in [0.15, 0.2) is 0 Å². The van der Waals surface area contributed by atoms with Gasteiger partial charge in [-0.1, -0.05) is 41.5 Å². The standard InChI is InChI=1S/C34H61BN4O7/c1-20(2)15-16-27(35-45-26-19-23-18-25(33(23,9)10)34(26,11)46-35)39-30(42)24(38-29(41)22(5)37-28(40)21(3)4)14-12-13-17-36-31(43)44-32(6,7)8/h20-27H,12-19H2,1-11H3,(H,36,43)(H,37,40)(H,38,41)(H,39,42)/t22-,23-,24-,25-,26+,27-,34-/m0/s1. The van der Waals surface area contributed by atoms with Crippen molar-refractivity contribution in [3.63, 3.8) is 0 Å². The summed E-state index contributed by atoms with van der Waals surface area (Å²) in [5.41, 5.74) is -0.790. The molecule has 11 nitrogen and oxygen atoms in total. The van der Waals surface area contributed by atoms with Gasteiger partial charge in [-0.05, 0) is 103 Å². The molecule has 1 saturated heterocycles. The van der Waals surface area contributed by atoms with Crippen molar-refractivity contribution >= 4 is 30.9 Å². The Morgan fingerprint density at radius 2 is 1.54 bits per heavy atom. The molecular weight excluding hydrogens is 587 g/mol. The Morgan fingerprint density at radius 3 is 2.13 bits per heavy atom. The predicted octanol–water partition coefficient (Wildman–Crippen LogP) is 4.52. The maximum atomic E-state index is 13.9. The Labute approximate surface area is 277 Å². The van der Waals surface area contributed by atoms with Crippen LogP contribution < -0.4 is 21.3 Å². The summed E-state index contributed by atoms with van der Waals surface area (Å²) in [5, 5.41) is 11.5. The van der Waals surface area contributed by atoms with E-state index in [1.807, 2.05) is 0 Å². The van der Waals surface area contributed by atoms with Crippen molar-refractivity contribution < 1.29 is 33.2 Å². The molecule has 3 saturated carbocycles. The third-order valence-electron chi connectivity index (χ3n) is 10.2. The minimum absolute atomic E-state index is 0.00822. The maximum Gasteiger partial charge on any atom is 0.481 e. The molecule has 2 bridgehead atoms. The van der Waals surface area contributed by atoms with Gasteiger partial charge in [-0.15, -0.1) is 0 Å². The fraction of sp³-hybridized carbons (Fsp3) is 0.882. The minimum Gasteiger partial charge on any atom is -0.444 e. The van der Waals surface area contributed by atoms with Gasteiger partial charge in [-0.2, -0.15) is 0 Å². The Bertz CT molecular complexity index is 1090. The lowest BCUT2D eigenvalue weighted by atomic mass is 9.43. The molecule has 7 atom stereocenters. The molecule has 4 fully saturated rings. The van der Waals surface area contributed by atoms with Gasteiger partial charge >= 0.3 is 13.2 Å². The molecule has 3 aliphatic carbocycles. The largest absolute Gasteiger partial charge is 0.481 e. The second-order valence-corrected chi connectivity index (χ2v) is 16.3. The van der Waals surface area contributed by atoms with Crippen molar-refractivity contribution in [2.45, 2.75) is 156 Å². The van der Waals surface area contributed by atoms with Gasteiger partial charge in [0.25, 0.3) is 0 Å². The van der Waals surface area contributed by atoms with Gasteiger partial charge in [-0.25, -0.2) is 4.79 Å². The van der Waals surface area contributed by atoms with Gasteiger partial charge < -0.3 is 35.3 Å². The highest BCUT2D eigenvalue weighted by Crippen LogP contribution is 2.65. The summed E-state index contributed by atoms with van der Waals surface area (Å²) in [5.74, 6) is -0.217. The molecule has 1 aliphatic heterocycles. The second-order valence-electron chi connectivity index (χ2n) is 16.3. The number of hydrogen-bond acceptors (Lipinski definition) is 7. The van der Waals surface area contributed by atoms with E-state index in [4.69, 9.17) is 14.0 Å². The van der Waals surface area contributed by atoms with Crippen molar-refractivity contribution in [2.24, 2.45) is 29.1 Å². The summed E-state index contributed by atoms with van der Waals surface area (Å²) in [6, 6.07) is -1.66. The predicted molar refractivity (Wildman–Crippen MR) is 179 cm³/mol. The van der Waals surface area contributed by atoms with Crippen LogP contribution in [0.25, 0.3) is 0 Å². The monoisotopic (exact) mass is 648 g/mol. The van der Waals surface area contributed by atoms with Crippen LogP contribution in [0.4, 0.5) is 4.79 Å². The van der Waals surface area contributed by atoms with Crippen LogP contribution in [0.5, 0.6) is 0 Å². The van der Waals surface area contributed by atoms with E-state index in [9.17, 15) is 19.2 Å². The van der Waals surface area contributed by atoms with Crippen LogP contribution in [0.3, 0.4) is 0 Å². The van der Waals surface area contributed by atoms with E-state index in [0.717, 1.165) is 19.3 Å². The molecule has 4 rings (SSSR count). The number of nitrogens with one attached hydrogen (secondary N) is 4. The highest BCUT2D eigenvalue weighted by Gasteiger charge is 2.68. The van der Waals surface area contributed by atoms with Crippen molar-refractivity contribution in [3.05, 3.63) is 0 Å². The lowest BCUT2D eigenvalue weighted by molar-refractivity contribution is -0.199. The molecule has 0 aromatic carbocycles. The van der Waals surface area contributed by atoms with Crippen molar-refractivity contribution in [1.29, 1.82) is 0 Å². The van der Waals surface area contributed by atoms with E-state index in [2.05, 4.69) is 55.9 Å². The summed E-state index contributed by atoms with van der Waals surface area (Å²) in [7, 11) is -0.577. The summed E-state index contributed by atoms with van der Waals surface area (Å²) < 4.78 is 18.6. The zero-order valence-electron chi connectivity index (χ0n) is 30.2. The van der Waals surface area contributed by atoms with Crippen LogP contribution >= 0.6 is 0 Å². The number of rotatable bonds is 15. The fourth-order valence-corrected chi connectivity index (χ4v) is 7.13. The summed E-state index contributed by atoms with van der Waals surface area (Å²) >= 11 is 0. The van der Waals surface area contributed by atoms with Crippen molar-refractivity contribution in [2.75, 3.05) is 6.54 Å². The van der Waals surface area contributed by atoms with Crippen LogP contribution in [0.2, 0.25) is 0 Å². The Kier molecular flexibility index (Phi) is 12.6. The summed E-state index contributed by atoms with van der Waals surface area (Å²) in [4.78, 5) is 51.4. The zero-order chi connectivity index (χ0) is 34.6. The number of unbranched alkanes of at least 4 members (excludes halogenated alkanes) is 1. The quantitative estimate of drug-likeness (QED) is 0.151. The van der Waals surface area contributed by atoms with E-state index < -0.39 is 42.4 Å². The van der Waals surface area contributed by atoms with Crippen LogP contribution in [-0.2, 0) is 28.4 Å². The SMILES string of the molecule is CC(C)CC[C@H](NC(=O)[C@H](CCCCNC(=O)OC(C)(C)C)NC(=O)[C@H](C)NC(=O)C(C)C)B1O[C@@H]2C[C@@H]3C[C@@H](C3(C)C)[C@]2(C)O1. The van der Waals surface area contributed by atoms with E-state index in [-0.39, 0.29) is 35.2 Å². The molecule has 0 aromatic rings. The van der Waals surface area contributed by atoms with E-state index in [1.54, 1.807) is 41.5 Å². The normalized spacial score (nSPS) is 26.8. The molecule has 1 heterocycles. The molecule has 4 N–H and O–H groups in total. The number of carbonyl (C=O) groups is 4. The molecule has 0 radical (unpaired) electrons. The third-order valence-corrected chi connectivity index (χ3v) is 10.2. The average molecular weight is 649 g/mol. The minimum atomic E-state index is -0.847. The molecule has 46 heavy (non-hydrogen) atoms. The fourth-order valence-electron chi connectivity index (χ4n) is 7.13. The molecule has 262 valence electrons. The zero-order valence-corrected chi connectivity index (χ0v) is 30.2. The number of ether oxygens (including phenoxy) is 1. The highest BCUT2D eigenvalue weighted by molar-refractivity contribution is 6.47. The van der Waals surface area contributed by atoms with E-state index in [0.29, 0.717) is 50.0 Å². The Hall–Kier alpha value is -2.34. The van der Waals surface area contributed by atoms with Crippen LogP contribution in [0.1, 0.15) is 121 Å². The molecule has 0 aromatic heterocycles. The Balaban J connectivity index is 1.69. The van der Waals surface area contributed by atoms with E-state index in [1.165, 1.54) is 0 Å². The second kappa shape index (κ2) is 15.3. The average Bonchev–Trinajstić information content (AvgIpc) is 3.29. The lowest BCUT2D eigenvalue weighted by Crippen LogP contribution is -2.65. The van der Waals surface area contributed by atoms with Gasteiger partial charge in [0.05, 0.1) is 17.6 Å². The molecule has 0 spiro atoms. The first-order valence-corrected chi connectivity index (χ1v) is 17.5. The van der Waals surface area contributed by atoms with Crippen molar-refractivity contribution in [3.8, 4) is 0 Å². The van der Waals surface area contributed by atoms with Gasteiger partial charge in [0.15, 0.2) is 0 Å². The highest BCUT2D eigenvalue weighted by atomic mass is 16.7. The third kappa shape index (κ3) is 9.61. The molecule has 0 unspecified atom stereocenters. The van der Waals surface area contributed by atoms with E-state index >= 15 is 0 Å². The number of amides is 4.